The van der Waals surface area contributed by atoms with E-state index in [2.05, 4.69) is 21.9 Å². The summed E-state index contributed by atoms with van der Waals surface area (Å²) in [4.78, 5) is 36.1. The zero-order valence-corrected chi connectivity index (χ0v) is 19.3. The summed E-state index contributed by atoms with van der Waals surface area (Å²) in [5.41, 5.74) is 2.45. The van der Waals surface area contributed by atoms with Crippen LogP contribution in [0.1, 0.15) is 30.5 Å². The summed E-state index contributed by atoms with van der Waals surface area (Å²) >= 11 is 1.33. The van der Waals surface area contributed by atoms with Gasteiger partial charge in [-0.25, -0.2) is 14.2 Å². The molecule has 1 N–H and O–H groups in total. The van der Waals surface area contributed by atoms with E-state index >= 15 is 0 Å². The number of amides is 1. The van der Waals surface area contributed by atoms with Crippen molar-refractivity contribution in [1.82, 2.24) is 15.2 Å². The van der Waals surface area contributed by atoms with E-state index in [-0.39, 0.29) is 24.5 Å². The molecular weight excluding hydrogens is 455 g/mol. The first kappa shape index (κ1) is 23.4. The summed E-state index contributed by atoms with van der Waals surface area (Å²) in [6, 6.07) is 9.11. The molecule has 0 saturated heterocycles. The van der Waals surface area contributed by atoms with Crippen LogP contribution < -0.4 is 5.32 Å². The van der Waals surface area contributed by atoms with Crippen LogP contribution >= 0.6 is 11.8 Å². The summed E-state index contributed by atoms with van der Waals surface area (Å²) < 4.78 is 20.3. The molecule has 0 radical (unpaired) electrons. The number of ether oxygens (including phenoxy) is 1. The van der Waals surface area contributed by atoms with Gasteiger partial charge in [0.25, 0.3) is 0 Å². The van der Waals surface area contributed by atoms with Crippen molar-refractivity contribution < 1.29 is 18.7 Å². The van der Waals surface area contributed by atoms with E-state index < -0.39 is 17.8 Å². The van der Waals surface area contributed by atoms with Gasteiger partial charge in [-0.1, -0.05) is 48.7 Å². The molecule has 0 saturated carbocycles. The van der Waals surface area contributed by atoms with Crippen LogP contribution in [0.15, 0.2) is 88.8 Å². The second-order valence-corrected chi connectivity index (χ2v) is 8.45. The first-order valence-corrected chi connectivity index (χ1v) is 11.5. The zero-order valence-electron chi connectivity index (χ0n) is 18.5. The fourth-order valence-electron chi connectivity index (χ4n) is 3.76. The minimum Gasteiger partial charge on any atom is -0.458 e. The fraction of sp³-hybridized carbons (Fsp3) is 0.200. The number of carbonyl (C=O) groups excluding carboxylic acids is 2. The van der Waals surface area contributed by atoms with Crippen LogP contribution in [0, 0.1) is 5.82 Å². The Kier molecular flexibility index (Phi) is 7.22. The van der Waals surface area contributed by atoms with Crippen LogP contribution in [0.5, 0.6) is 0 Å². The van der Waals surface area contributed by atoms with Gasteiger partial charge in [0.1, 0.15) is 12.4 Å². The number of rotatable bonds is 8. The third-order valence-electron chi connectivity index (χ3n) is 5.31. The number of aliphatic imine (C=N–C) groups is 1. The van der Waals surface area contributed by atoms with Crippen LogP contribution in [-0.4, -0.2) is 33.5 Å². The smallest absolute Gasteiger partial charge is 0.338 e. The van der Waals surface area contributed by atoms with Crippen LogP contribution in [-0.2, 0) is 20.9 Å². The van der Waals surface area contributed by atoms with Crippen molar-refractivity contribution in [2.75, 3.05) is 6.61 Å². The third-order valence-corrected chi connectivity index (χ3v) is 6.20. The molecule has 9 heteroatoms. The number of hydrogen-bond acceptors (Lipinski definition) is 7. The first-order chi connectivity index (χ1) is 16.5. The van der Waals surface area contributed by atoms with Gasteiger partial charge in [0.2, 0.25) is 5.91 Å². The molecule has 4 rings (SSSR count). The second kappa shape index (κ2) is 10.5. The Morgan fingerprint density at radius 3 is 2.85 bits per heavy atom. The molecule has 3 heterocycles. The Labute approximate surface area is 201 Å². The van der Waals surface area contributed by atoms with Gasteiger partial charge < -0.3 is 15.0 Å². The maximum Gasteiger partial charge on any atom is 0.338 e. The molecule has 1 aromatic carbocycles. The molecule has 1 aromatic heterocycles. The zero-order chi connectivity index (χ0) is 24.1. The van der Waals surface area contributed by atoms with Gasteiger partial charge in [-0.2, -0.15) is 0 Å². The molecule has 1 atom stereocenters. The quantitative estimate of drug-likeness (QED) is 0.452. The molecule has 0 bridgehead atoms. The number of fused-ring (bicyclic) bond motifs is 1. The predicted molar refractivity (Wildman–Crippen MR) is 129 cm³/mol. The van der Waals surface area contributed by atoms with Crippen molar-refractivity contribution in [2.24, 2.45) is 4.99 Å². The number of hydrogen-bond donors (Lipinski definition) is 1. The molecular formula is C25H23FN4O3S. The number of benzene rings is 1. The van der Waals surface area contributed by atoms with Gasteiger partial charge in [0.05, 0.1) is 23.7 Å². The number of halogens is 1. The van der Waals surface area contributed by atoms with Gasteiger partial charge in [0, 0.05) is 30.2 Å². The Bertz CT molecular complexity index is 1210. The molecule has 34 heavy (non-hydrogen) atoms. The molecule has 1 amide bonds. The number of aromatic nitrogens is 1. The lowest BCUT2D eigenvalue weighted by atomic mass is 9.93. The highest BCUT2D eigenvalue weighted by molar-refractivity contribution is 8.16. The minimum absolute atomic E-state index is 0.0182. The molecule has 0 aliphatic carbocycles. The van der Waals surface area contributed by atoms with Gasteiger partial charge in [0.15, 0.2) is 5.17 Å². The Balaban J connectivity index is 1.62. The van der Waals surface area contributed by atoms with E-state index in [0.717, 1.165) is 5.56 Å². The summed E-state index contributed by atoms with van der Waals surface area (Å²) in [6.07, 6.45) is 4.85. The molecule has 174 valence electrons. The lowest BCUT2D eigenvalue weighted by molar-refractivity contribution is -0.138. The number of esters is 1. The van der Waals surface area contributed by atoms with Gasteiger partial charge >= 0.3 is 5.97 Å². The van der Waals surface area contributed by atoms with Crippen molar-refractivity contribution >= 4 is 28.8 Å². The molecule has 0 spiro atoms. The molecule has 0 fully saturated rings. The summed E-state index contributed by atoms with van der Waals surface area (Å²) in [5.74, 6) is -1.29. The summed E-state index contributed by atoms with van der Waals surface area (Å²) in [7, 11) is 0. The van der Waals surface area contributed by atoms with Gasteiger partial charge in [-0.3, -0.25) is 9.78 Å². The van der Waals surface area contributed by atoms with Gasteiger partial charge in [-0.05, 0) is 30.0 Å². The van der Waals surface area contributed by atoms with E-state index in [1.807, 2.05) is 11.5 Å². The van der Waals surface area contributed by atoms with Crippen LogP contribution in [0.25, 0.3) is 0 Å². The number of pyridine rings is 1. The van der Waals surface area contributed by atoms with E-state index in [4.69, 9.17) is 4.74 Å². The number of nitrogens with zero attached hydrogens (tertiary/aromatic N) is 3. The summed E-state index contributed by atoms with van der Waals surface area (Å²) in [5, 5.41) is 5.25. The first-order valence-electron chi connectivity index (χ1n) is 10.6. The van der Waals surface area contributed by atoms with E-state index in [9.17, 15) is 14.0 Å². The topological polar surface area (TPSA) is 83.9 Å². The molecule has 7 nitrogen and oxygen atoms in total. The fourth-order valence-corrected chi connectivity index (χ4v) is 4.73. The van der Waals surface area contributed by atoms with E-state index in [1.165, 1.54) is 23.9 Å². The van der Waals surface area contributed by atoms with Crippen LogP contribution in [0.3, 0.4) is 0 Å². The predicted octanol–water partition coefficient (Wildman–Crippen LogP) is 4.23. The molecule has 1 unspecified atom stereocenters. The second-order valence-electron chi connectivity index (χ2n) is 7.62. The highest BCUT2D eigenvalue weighted by Gasteiger charge is 2.42. The van der Waals surface area contributed by atoms with Crippen LogP contribution in [0.4, 0.5) is 4.39 Å². The third kappa shape index (κ3) is 4.94. The lowest BCUT2D eigenvalue weighted by Gasteiger charge is -2.36. The largest absolute Gasteiger partial charge is 0.458 e. The van der Waals surface area contributed by atoms with E-state index in [1.54, 1.807) is 48.5 Å². The molecule has 2 aliphatic heterocycles. The van der Waals surface area contributed by atoms with Crippen LogP contribution in [0.2, 0.25) is 0 Å². The average molecular weight is 479 g/mol. The van der Waals surface area contributed by atoms with Crippen molar-refractivity contribution in [3.63, 3.8) is 0 Å². The number of allylic oxidation sites excluding steroid dienone is 1. The normalized spacial score (nSPS) is 17.0. The standard InChI is InChI=1S/C25H23FN4O3S/c1-3-11-33-24(32)22-16(2)29-25-30(23(22)19-8-4-5-9-20(19)26)18(15-34-25)12-21(31)28-14-17-7-6-10-27-13-17/h3-10,13,15,23H,1,11-12,14H2,2H3,(H,28,31). The number of nitrogens with one attached hydrogen (secondary N) is 1. The maximum atomic E-state index is 15.0. The Morgan fingerprint density at radius 2 is 2.12 bits per heavy atom. The highest BCUT2D eigenvalue weighted by Crippen LogP contribution is 2.45. The van der Waals surface area contributed by atoms with Gasteiger partial charge in [-0.15, -0.1) is 0 Å². The monoisotopic (exact) mass is 478 g/mol. The van der Waals surface area contributed by atoms with Crippen molar-refractivity contribution in [3.8, 4) is 0 Å². The average Bonchev–Trinajstić information content (AvgIpc) is 3.23. The Morgan fingerprint density at radius 1 is 1.29 bits per heavy atom. The van der Waals surface area contributed by atoms with Crippen molar-refractivity contribution in [1.29, 1.82) is 0 Å². The number of carbonyl (C=O) groups is 2. The highest BCUT2D eigenvalue weighted by atomic mass is 32.2. The SMILES string of the molecule is C=CCOC(=O)C1=C(C)N=C2SC=C(CC(=O)NCc3cccnc3)N2C1c1ccccc1F. The molecule has 2 aliphatic rings. The molecule has 2 aromatic rings. The number of thioether (sulfide) groups is 1. The van der Waals surface area contributed by atoms with Crippen molar-refractivity contribution in [2.45, 2.75) is 25.9 Å². The number of amidine groups is 1. The summed E-state index contributed by atoms with van der Waals surface area (Å²) in [6.45, 7) is 5.62. The van der Waals surface area contributed by atoms with Crippen molar-refractivity contribution in [3.05, 3.63) is 101 Å². The Hall–Kier alpha value is -3.72. The maximum absolute atomic E-state index is 15.0. The lowest BCUT2D eigenvalue weighted by Crippen LogP contribution is -2.38. The minimum atomic E-state index is -0.821. The van der Waals surface area contributed by atoms with E-state index in [0.29, 0.717) is 28.7 Å².